The molecule has 3 saturated heterocycles. The maximum absolute atomic E-state index is 11.0. The van der Waals surface area contributed by atoms with Gasteiger partial charge in [0.1, 0.15) is 0 Å². The van der Waals surface area contributed by atoms with Crippen molar-refractivity contribution in [3.8, 4) is 0 Å². The molecule has 90 valence electrons. The van der Waals surface area contributed by atoms with Crippen molar-refractivity contribution in [2.45, 2.75) is 31.2 Å². The molecule has 0 unspecified atom stereocenters. The maximum Gasteiger partial charge on any atom is 0.334 e. The Morgan fingerprint density at radius 3 is 2.82 bits per heavy atom. The lowest BCUT2D eigenvalue weighted by atomic mass is 9.85. The average molecular weight is 233 g/mol. The van der Waals surface area contributed by atoms with Crippen molar-refractivity contribution in [2.24, 2.45) is 0 Å². The molecule has 0 aromatic heterocycles. The van der Waals surface area contributed by atoms with E-state index < -0.39 is 12.1 Å². The molecule has 4 heteroatoms. The van der Waals surface area contributed by atoms with Crippen molar-refractivity contribution >= 4 is 5.97 Å². The van der Waals surface area contributed by atoms with E-state index in [1.54, 1.807) is 0 Å². The van der Waals surface area contributed by atoms with Crippen LogP contribution in [0.4, 0.5) is 0 Å². The first-order chi connectivity index (χ1) is 8.25. The van der Waals surface area contributed by atoms with E-state index in [2.05, 4.69) is 17.0 Å². The number of carboxylic acid groups (broad SMARTS) is 1. The Balaban J connectivity index is 1.71. The lowest BCUT2D eigenvalue weighted by Gasteiger charge is -2.54. The van der Waals surface area contributed by atoms with Crippen LogP contribution in [0.5, 0.6) is 0 Å². The van der Waals surface area contributed by atoms with Crippen LogP contribution < -0.4 is 0 Å². The molecule has 1 aromatic rings. The molecule has 4 rings (SSSR count). The van der Waals surface area contributed by atoms with Gasteiger partial charge in [-0.2, -0.15) is 0 Å². The van der Waals surface area contributed by atoms with Gasteiger partial charge in [-0.1, -0.05) is 30.3 Å². The van der Waals surface area contributed by atoms with Crippen LogP contribution >= 0.6 is 0 Å². The van der Waals surface area contributed by atoms with E-state index in [1.807, 2.05) is 18.2 Å². The number of nitrogens with zero attached hydrogens (tertiary/aromatic N) is 1. The summed E-state index contributed by atoms with van der Waals surface area (Å²) < 4.78 is 5.33. The molecule has 4 nitrogen and oxygen atoms in total. The second kappa shape index (κ2) is 4.13. The molecule has 0 spiro atoms. The summed E-state index contributed by atoms with van der Waals surface area (Å²) in [5.41, 5.74) is 1.23. The highest BCUT2D eigenvalue weighted by Crippen LogP contribution is 2.36. The molecule has 0 aliphatic carbocycles. The van der Waals surface area contributed by atoms with Crippen molar-refractivity contribution in [3.63, 3.8) is 0 Å². The molecule has 0 saturated carbocycles. The number of benzene rings is 1. The monoisotopic (exact) mass is 233 g/mol. The summed E-state index contributed by atoms with van der Waals surface area (Å²) in [6.45, 7) is 1.36. The van der Waals surface area contributed by atoms with Gasteiger partial charge in [-0.15, -0.1) is 0 Å². The van der Waals surface area contributed by atoms with Crippen LogP contribution in [0.1, 0.15) is 12.0 Å². The Bertz CT molecular complexity index is 418. The molecule has 3 aliphatic rings. The molecular weight excluding hydrogens is 218 g/mol. The molecule has 3 fully saturated rings. The first-order valence-electron chi connectivity index (χ1n) is 5.90. The average Bonchev–Trinajstić information content (AvgIpc) is 2.37. The summed E-state index contributed by atoms with van der Waals surface area (Å²) in [5, 5.41) is 9.07. The van der Waals surface area contributed by atoms with Crippen LogP contribution in [-0.2, 0) is 16.1 Å². The fourth-order valence-electron chi connectivity index (χ4n) is 2.75. The Hall–Kier alpha value is -1.39. The third kappa shape index (κ3) is 1.83. The number of ether oxygens (including phenoxy) is 1. The topological polar surface area (TPSA) is 49.8 Å². The number of hydrogen-bond acceptors (Lipinski definition) is 3. The van der Waals surface area contributed by atoms with E-state index >= 15 is 0 Å². The SMILES string of the molecule is O=C(O)[C@H]1OC[C@H]2C[C@@H]1N2Cc1ccccc1. The largest absolute Gasteiger partial charge is 0.479 e. The lowest BCUT2D eigenvalue weighted by molar-refractivity contribution is -0.197. The van der Waals surface area contributed by atoms with Crippen molar-refractivity contribution in [1.82, 2.24) is 4.90 Å². The van der Waals surface area contributed by atoms with E-state index in [-0.39, 0.29) is 6.04 Å². The van der Waals surface area contributed by atoms with Gasteiger partial charge in [0.2, 0.25) is 0 Å². The van der Waals surface area contributed by atoms with Crippen molar-refractivity contribution < 1.29 is 14.6 Å². The van der Waals surface area contributed by atoms with E-state index in [0.29, 0.717) is 12.6 Å². The van der Waals surface area contributed by atoms with Gasteiger partial charge in [-0.3, -0.25) is 4.90 Å². The summed E-state index contributed by atoms with van der Waals surface area (Å²) >= 11 is 0. The Morgan fingerprint density at radius 2 is 2.18 bits per heavy atom. The summed E-state index contributed by atoms with van der Waals surface area (Å²) in [6, 6.07) is 10.6. The number of carboxylic acids is 1. The first kappa shape index (κ1) is 10.7. The minimum Gasteiger partial charge on any atom is -0.479 e. The van der Waals surface area contributed by atoms with Gasteiger partial charge < -0.3 is 9.84 Å². The van der Waals surface area contributed by atoms with Crippen LogP contribution in [0.2, 0.25) is 0 Å². The molecule has 1 N–H and O–H groups in total. The van der Waals surface area contributed by atoms with Crippen molar-refractivity contribution in [3.05, 3.63) is 35.9 Å². The zero-order valence-corrected chi connectivity index (χ0v) is 9.45. The molecule has 0 amide bonds. The van der Waals surface area contributed by atoms with Gasteiger partial charge in [0, 0.05) is 18.6 Å². The fourth-order valence-corrected chi connectivity index (χ4v) is 2.75. The number of morpholine rings is 1. The van der Waals surface area contributed by atoms with Crippen LogP contribution in [0.15, 0.2) is 30.3 Å². The van der Waals surface area contributed by atoms with Gasteiger partial charge in [0.25, 0.3) is 0 Å². The molecule has 17 heavy (non-hydrogen) atoms. The molecule has 0 radical (unpaired) electrons. The molecule has 3 aliphatic heterocycles. The normalized spacial score (nSPS) is 31.9. The predicted molar refractivity (Wildman–Crippen MR) is 61.6 cm³/mol. The minimum atomic E-state index is -0.841. The van der Waals surface area contributed by atoms with E-state index in [4.69, 9.17) is 9.84 Å². The number of rotatable bonds is 3. The van der Waals surface area contributed by atoms with Crippen molar-refractivity contribution in [1.29, 1.82) is 0 Å². The summed E-state index contributed by atoms with van der Waals surface area (Å²) in [4.78, 5) is 13.3. The Morgan fingerprint density at radius 1 is 1.41 bits per heavy atom. The molecule has 2 bridgehead atoms. The third-order valence-corrected chi connectivity index (χ3v) is 3.68. The predicted octanol–water partition coefficient (Wildman–Crippen LogP) is 1.11. The third-order valence-electron chi connectivity index (χ3n) is 3.68. The lowest BCUT2D eigenvalue weighted by Crippen LogP contribution is -2.68. The highest BCUT2D eigenvalue weighted by atomic mass is 16.5. The quantitative estimate of drug-likeness (QED) is 0.849. The number of carbonyl (C=O) groups is 1. The minimum absolute atomic E-state index is 0.0476. The Labute approximate surface area is 99.8 Å². The van der Waals surface area contributed by atoms with Crippen LogP contribution in [0.3, 0.4) is 0 Å². The number of aliphatic carboxylic acids is 1. The van der Waals surface area contributed by atoms with Gasteiger partial charge in [-0.05, 0) is 12.0 Å². The highest BCUT2D eigenvalue weighted by Gasteiger charge is 2.50. The number of hydrogen-bond donors (Lipinski definition) is 1. The van der Waals surface area contributed by atoms with Crippen LogP contribution in [-0.4, -0.2) is 40.8 Å². The standard InChI is InChI=1S/C13H15NO3/c15-13(16)12-11-6-10(8-17-12)14(11)7-9-4-2-1-3-5-9/h1-5,10-12H,6-8H2,(H,15,16)/t10-,11+,12+/m1/s1. The zero-order valence-electron chi connectivity index (χ0n) is 9.45. The second-order valence-electron chi connectivity index (χ2n) is 4.71. The second-order valence-corrected chi connectivity index (χ2v) is 4.71. The van der Waals surface area contributed by atoms with Gasteiger partial charge in [-0.25, -0.2) is 4.79 Å². The molecule has 3 atom stereocenters. The van der Waals surface area contributed by atoms with Gasteiger partial charge in [0.15, 0.2) is 6.10 Å². The van der Waals surface area contributed by atoms with Gasteiger partial charge in [0.05, 0.1) is 6.61 Å². The molecular formula is C13H15NO3. The zero-order chi connectivity index (χ0) is 11.8. The maximum atomic E-state index is 11.0. The summed E-state index contributed by atoms with van der Waals surface area (Å²) in [7, 11) is 0. The van der Waals surface area contributed by atoms with E-state index in [0.717, 1.165) is 13.0 Å². The summed E-state index contributed by atoms with van der Waals surface area (Å²) in [6.07, 6.45) is 0.299. The van der Waals surface area contributed by atoms with Crippen molar-refractivity contribution in [2.75, 3.05) is 6.61 Å². The van der Waals surface area contributed by atoms with Crippen LogP contribution in [0, 0.1) is 0 Å². The smallest absolute Gasteiger partial charge is 0.334 e. The Kier molecular flexibility index (Phi) is 2.61. The van der Waals surface area contributed by atoms with E-state index in [1.165, 1.54) is 5.56 Å². The fraction of sp³-hybridized carbons (Fsp3) is 0.462. The van der Waals surface area contributed by atoms with Crippen LogP contribution in [0.25, 0.3) is 0 Å². The number of fused-ring (bicyclic) bond motifs is 2. The van der Waals surface area contributed by atoms with E-state index in [9.17, 15) is 4.79 Å². The highest BCUT2D eigenvalue weighted by molar-refractivity contribution is 5.74. The summed E-state index contributed by atoms with van der Waals surface area (Å²) in [5.74, 6) is -0.841. The van der Waals surface area contributed by atoms with Gasteiger partial charge >= 0.3 is 5.97 Å². The first-order valence-corrected chi connectivity index (χ1v) is 5.90. The molecule has 1 aromatic carbocycles. The molecule has 3 heterocycles.